The van der Waals surface area contributed by atoms with E-state index in [1.165, 1.54) is 0 Å². The minimum absolute atomic E-state index is 0.768. The summed E-state index contributed by atoms with van der Waals surface area (Å²) in [5, 5.41) is 4.46. The second kappa shape index (κ2) is 6.71. The van der Waals surface area contributed by atoms with Gasteiger partial charge >= 0.3 is 0 Å². The zero-order valence-electron chi connectivity index (χ0n) is 14.4. The summed E-state index contributed by atoms with van der Waals surface area (Å²) in [6.07, 6.45) is 2.00. The molecule has 0 spiro atoms. The molecule has 3 rings (SSSR count). The summed E-state index contributed by atoms with van der Waals surface area (Å²) in [6.45, 7) is 4.04. The van der Waals surface area contributed by atoms with E-state index in [-0.39, 0.29) is 0 Å². The maximum Gasteiger partial charge on any atom is 0.144 e. The number of aromatic nitrogens is 2. The van der Waals surface area contributed by atoms with Crippen molar-refractivity contribution >= 4 is 11.4 Å². The van der Waals surface area contributed by atoms with Gasteiger partial charge in [0.1, 0.15) is 11.4 Å². The maximum atomic E-state index is 5.51. The zero-order valence-corrected chi connectivity index (χ0v) is 14.4. The molecule has 0 saturated carbocycles. The summed E-state index contributed by atoms with van der Waals surface area (Å²) in [5.74, 6) is 0.768. The molecule has 0 radical (unpaired) electrons. The molecule has 1 heterocycles. The molecule has 24 heavy (non-hydrogen) atoms. The fourth-order valence-corrected chi connectivity index (χ4v) is 2.71. The number of ether oxygens (including phenoxy) is 1. The summed E-state index contributed by atoms with van der Waals surface area (Å²) >= 11 is 0. The van der Waals surface area contributed by atoms with E-state index in [1.54, 1.807) is 7.11 Å². The Morgan fingerprint density at radius 1 is 1.08 bits per heavy atom. The first-order valence-corrected chi connectivity index (χ1v) is 7.88. The molecule has 3 aromatic rings. The van der Waals surface area contributed by atoms with Gasteiger partial charge in [0.2, 0.25) is 0 Å². The number of nitrogens with zero attached hydrogens (tertiary/aromatic N) is 3. The van der Waals surface area contributed by atoms with Crippen molar-refractivity contribution in [3.8, 4) is 5.75 Å². The standard InChI is InChI=1S/C20H21N3O/c1-14-10-11-18(19(12-14)24-4)21-20(16-8-6-5-7-9-16)17-13-23(3)22-15(17)2/h5-13H,1-4H3. The van der Waals surface area contributed by atoms with Gasteiger partial charge in [-0.05, 0) is 31.5 Å². The van der Waals surface area contributed by atoms with Gasteiger partial charge in [-0.15, -0.1) is 0 Å². The minimum atomic E-state index is 0.768. The van der Waals surface area contributed by atoms with Crippen LogP contribution in [-0.4, -0.2) is 22.6 Å². The Hall–Kier alpha value is -2.88. The second-order valence-electron chi connectivity index (χ2n) is 5.80. The number of benzene rings is 2. The topological polar surface area (TPSA) is 39.4 Å². The molecule has 0 N–H and O–H groups in total. The Bertz CT molecular complexity index is 879. The molecule has 0 atom stereocenters. The van der Waals surface area contributed by atoms with Crippen LogP contribution in [0.1, 0.15) is 22.4 Å². The van der Waals surface area contributed by atoms with Gasteiger partial charge in [0.15, 0.2) is 0 Å². The van der Waals surface area contributed by atoms with E-state index >= 15 is 0 Å². The van der Waals surface area contributed by atoms with Gasteiger partial charge in [-0.2, -0.15) is 5.10 Å². The van der Waals surface area contributed by atoms with Crippen LogP contribution in [0.2, 0.25) is 0 Å². The van der Waals surface area contributed by atoms with Crippen molar-refractivity contribution in [3.05, 3.63) is 77.1 Å². The highest BCUT2D eigenvalue weighted by molar-refractivity contribution is 6.14. The highest BCUT2D eigenvalue weighted by Gasteiger charge is 2.14. The highest BCUT2D eigenvalue weighted by Crippen LogP contribution is 2.30. The van der Waals surface area contributed by atoms with E-state index in [1.807, 2.05) is 68.2 Å². The predicted octanol–water partition coefficient (Wildman–Crippen LogP) is 4.21. The number of hydrogen-bond acceptors (Lipinski definition) is 3. The summed E-state index contributed by atoms with van der Waals surface area (Å²) in [7, 11) is 3.59. The second-order valence-corrected chi connectivity index (χ2v) is 5.80. The monoisotopic (exact) mass is 319 g/mol. The van der Waals surface area contributed by atoms with Crippen LogP contribution in [0.3, 0.4) is 0 Å². The third-order valence-electron chi connectivity index (χ3n) is 3.88. The number of aryl methyl sites for hydroxylation is 3. The first-order valence-electron chi connectivity index (χ1n) is 7.88. The molecule has 0 saturated heterocycles. The molecule has 0 aliphatic rings. The maximum absolute atomic E-state index is 5.51. The van der Waals surface area contributed by atoms with Gasteiger partial charge in [0.05, 0.1) is 18.5 Å². The van der Waals surface area contributed by atoms with E-state index in [2.05, 4.69) is 17.2 Å². The van der Waals surface area contributed by atoms with Crippen molar-refractivity contribution in [1.29, 1.82) is 0 Å². The Morgan fingerprint density at radius 2 is 1.83 bits per heavy atom. The fraction of sp³-hybridized carbons (Fsp3) is 0.200. The van der Waals surface area contributed by atoms with E-state index in [0.717, 1.165) is 39.5 Å². The lowest BCUT2D eigenvalue weighted by atomic mass is 10.0. The van der Waals surface area contributed by atoms with Crippen LogP contribution in [0.5, 0.6) is 5.75 Å². The molecule has 4 heteroatoms. The van der Waals surface area contributed by atoms with Crippen LogP contribution < -0.4 is 4.74 Å². The molecule has 4 nitrogen and oxygen atoms in total. The summed E-state index contributed by atoms with van der Waals surface area (Å²) in [5.41, 5.74) is 5.87. The van der Waals surface area contributed by atoms with Gasteiger partial charge in [0, 0.05) is 24.4 Å². The largest absolute Gasteiger partial charge is 0.494 e. The fourth-order valence-electron chi connectivity index (χ4n) is 2.71. The molecular weight excluding hydrogens is 298 g/mol. The van der Waals surface area contributed by atoms with Gasteiger partial charge in [-0.25, -0.2) is 4.99 Å². The van der Waals surface area contributed by atoms with Crippen molar-refractivity contribution in [2.75, 3.05) is 7.11 Å². The molecule has 0 unspecified atom stereocenters. The lowest BCUT2D eigenvalue weighted by Gasteiger charge is -2.10. The van der Waals surface area contributed by atoms with E-state index in [4.69, 9.17) is 9.73 Å². The predicted molar refractivity (Wildman–Crippen MR) is 97.4 cm³/mol. The van der Waals surface area contributed by atoms with Crippen LogP contribution in [0.25, 0.3) is 0 Å². The molecule has 122 valence electrons. The lowest BCUT2D eigenvalue weighted by Crippen LogP contribution is -2.04. The normalized spacial score (nSPS) is 11.6. The van der Waals surface area contributed by atoms with E-state index in [0.29, 0.717) is 0 Å². The Kier molecular flexibility index (Phi) is 4.47. The van der Waals surface area contributed by atoms with E-state index in [9.17, 15) is 0 Å². The molecule has 0 fully saturated rings. The first kappa shape index (κ1) is 16.0. The van der Waals surface area contributed by atoms with Crippen molar-refractivity contribution in [1.82, 2.24) is 9.78 Å². The van der Waals surface area contributed by atoms with Crippen LogP contribution in [0.15, 0.2) is 59.7 Å². The average molecular weight is 319 g/mol. The lowest BCUT2D eigenvalue weighted by molar-refractivity contribution is 0.416. The van der Waals surface area contributed by atoms with E-state index < -0.39 is 0 Å². The third kappa shape index (κ3) is 3.23. The Balaban J connectivity index is 2.21. The molecule has 2 aromatic carbocycles. The molecular formula is C20H21N3O. The van der Waals surface area contributed by atoms with Gasteiger partial charge in [-0.1, -0.05) is 36.4 Å². The summed E-state index contributed by atoms with van der Waals surface area (Å²) < 4.78 is 7.32. The molecule has 0 aliphatic carbocycles. The quantitative estimate of drug-likeness (QED) is 0.676. The molecule has 0 bridgehead atoms. The van der Waals surface area contributed by atoms with Crippen molar-refractivity contribution in [3.63, 3.8) is 0 Å². The van der Waals surface area contributed by atoms with Gasteiger partial charge < -0.3 is 4.74 Å². The van der Waals surface area contributed by atoms with Gasteiger partial charge in [0.25, 0.3) is 0 Å². The van der Waals surface area contributed by atoms with Crippen LogP contribution in [0.4, 0.5) is 5.69 Å². The number of methoxy groups -OCH3 is 1. The molecule has 0 aliphatic heterocycles. The average Bonchev–Trinajstić information content (AvgIpc) is 2.92. The van der Waals surface area contributed by atoms with Crippen molar-refractivity contribution < 1.29 is 4.74 Å². The van der Waals surface area contributed by atoms with Crippen LogP contribution >= 0.6 is 0 Å². The molecule has 0 amide bonds. The number of aliphatic imine (C=N–C) groups is 1. The third-order valence-corrected chi connectivity index (χ3v) is 3.88. The first-order chi connectivity index (χ1) is 11.6. The SMILES string of the molecule is COc1cc(C)ccc1N=C(c1ccccc1)c1cn(C)nc1C. The summed E-state index contributed by atoms with van der Waals surface area (Å²) in [6, 6.07) is 16.2. The van der Waals surface area contributed by atoms with Gasteiger partial charge in [-0.3, -0.25) is 4.68 Å². The smallest absolute Gasteiger partial charge is 0.144 e. The van der Waals surface area contributed by atoms with Crippen molar-refractivity contribution in [2.24, 2.45) is 12.0 Å². The minimum Gasteiger partial charge on any atom is -0.494 e. The van der Waals surface area contributed by atoms with Crippen LogP contribution in [0, 0.1) is 13.8 Å². The molecule has 1 aromatic heterocycles. The highest BCUT2D eigenvalue weighted by atomic mass is 16.5. The Labute approximate surface area is 142 Å². The number of hydrogen-bond donors (Lipinski definition) is 0. The summed E-state index contributed by atoms with van der Waals surface area (Å²) in [4.78, 5) is 4.92. The van der Waals surface area contributed by atoms with Crippen molar-refractivity contribution in [2.45, 2.75) is 13.8 Å². The number of rotatable bonds is 4. The van der Waals surface area contributed by atoms with Crippen LogP contribution in [-0.2, 0) is 7.05 Å². The Morgan fingerprint density at radius 3 is 2.46 bits per heavy atom. The zero-order chi connectivity index (χ0) is 17.1.